The van der Waals surface area contributed by atoms with Crippen LogP contribution in [0.4, 0.5) is 0 Å². The maximum atomic E-state index is 9.70. The Hall–Kier alpha value is -0.240. The van der Waals surface area contributed by atoms with E-state index in [0.29, 0.717) is 0 Å². The van der Waals surface area contributed by atoms with Gasteiger partial charge in [-0.3, -0.25) is 0 Å². The van der Waals surface area contributed by atoms with Gasteiger partial charge in [-0.05, 0) is 13.3 Å². The van der Waals surface area contributed by atoms with E-state index in [2.05, 4.69) is 0 Å². The molecule has 0 amide bonds. The Morgan fingerprint density at radius 3 is 2.35 bits per heavy atom. The summed E-state index contributed by atoms with van der Waals surface area (Å²) < 4.78 is 10.7. The van der Waals surface area contributed by atoms with Crippen molar-refractivity contribution in [1.82, 2.24) is 0 Å². The largest absolute Gasteiger partial charge is 0.394 e. The topological polar surface area (TPSA) is 99.4 Å². The zero-order valence-corrected chi connectivity index (χ0v) is 10.2. The van der Waals surface area contributed by atoms with Gasteiger partial charge in [0.05, 0.1) is 12.7 Å². The molecule has 4 N–H and O–H groups in total. The highest BCUT2D eigenvalue weighted by molar-refractivity contribution is 4.89. The van der Waals surface area contributed by atoms with E-state index in [9.17, 15) is 15.3 Å². The third-order valence-corrected chi connectivity index (χ3v) is 2.91. The van der Waals surface area contributed by atoms with E-state index in [4.69, 9.17) is 14.6 Å². The summed E-state index contributed by atoms with van der Waals surface area (Å²) in [6.07, 6.45) is -4.35. The fourth-order valence-corrected chi connectivity index (χ4v) is 1.88. The highest BCUT2D eigenvalue weighted by atomic mass is 16.7. The lowest BCUT2D eigenvalue weighted by Crippen LogP contribution is -2.59. The first-order chi connectivity index (χ1) is 8.01. The molecule has 102 valence electrons. The molecule has 0 spiro atoms. The third-order valence-electron chi connectivity index (χ3n) is 2.91. The lowest BCUT2D eigenvalue weighted by molar-refractivity contribution is -0.310. The minimum atomic E-state index is -1.38. The zero-order valence-electron chi connectivity index (χ0n) is 10.2. The Balaban J connectivity index is 2.59. The quantitative estimate of drug-likeness (QED) is 0.499. The van der Waals surface area contributed by atoms with Gasteiger partial charge in [0.1, 0.15) is 24.4 Å². The van der Waals surface area contributed by atoms with E-state index in [0.717, 1.165) is 12.8 Å². The number of hydrogen-bond donors (Lipinski definition) is 4. The summed E-state index contributed by atoms with van der Waals surface area (Å²) in [5.74, 6) is 0. The summed E-state index contributed by atoms with van der Waals surface area (Å²) in [6.45, 7) is 3.41. The van der Waals surface area contributed by atoms with Crippen LogP contribution in [0.3, 0.4) is 0 Å². The molecule has 1 saturated heterocycles. The van der Waals surface area contributed by atoms with Crippen molar-refractivity contribution in [3.05, 3.63) is 0 Å². The zero-order chi connectivity index (χ0) is 13.0. The van der Waals surface area contributed by atoms with Gasteiger partial charge in [-0.25, -0.2) is 0 Å². The highest BCUT2D eigenvalue weighted by Gasteiger charge is 2.44. The van der Waals surface area contributed by atoms with Crippen molar-refractivity contribution in [3.8, 4) is 0 Å². The van der Waals surface area contributed by atoms with Crippen LogP contribution < -0.4 is 0 Å². The standard InChI is InChI=1S/C11H22O6/c1-3-4-6(2)16-11-10(15)9(14)8(13)7(5-12)17-11/h6-15H,3-5H2,1-2H3/t6?,7-,8-,9+,10+,11+/m1/s1. The van der Waals surface area contributed by atoms with E-state index in [1.807, 2.05) is 13.8 Å². The Labute approximate surface area is 101 Å². The lowest BCUT2D eigenvalue weighted by atomic mass is 9.99. The molecule has 6 atom stereocenters. The van der Waals surface area contributed by atoms with Gasteiger partial charge in [0.25, 0.3) is 0 Å². The molecule has 6 nitrogen and oxygen atoms in total. The number of aliphatic hydroxyl groups excluding tert-OH is 4. The fraction of sp³-hybridized carbons (Fsp3) is 1.00. The molecule has 0 aromatic heterocycles. The van der Waals surface area contributed by atoms with Crippen LogP contribution in [0.5, 0.6) is 0 Å². The minimum Gasteiger partial charge on any atom is -0.394 e. The van der Waals surface area contributed by atoms with Crippen LogP contribution in [-0.4, -0.2) is 63.8 Å². The van der Waals surface area contributed by atoms with Crippen molar-refractivity contribution >= 4 is 0 Å². The monoisotopic (exact) mass is 250 g/mol. The molecule has 1 aliphatic rings. The van der Waals surface area contributed by atoms with E-state index in [1.165, 1.54) is 0 Å². The molecule has 0 saturated carbocycles. The molecule has 1 fully saturated rings. The lowest BCUT2D eigenvalue weighted by Gasteiger charge is -2.40. The van der Waals surface area contributed by atoms with Crippen LogP contribution in [0.2, 0.25) is 0 Å². The van der Waals surface area contributed by atoms with Crippen molar-refractivity contribution in [2.24, 2.45) is 0 Å². The second kappa shape index (κ2) is 6.63. The predicted molar refractivity (Wildman–Crippen MR) is 59.2 cm³/mol. The summed E-state index contributed by atoms with van der Waals surface area (Å²) in [6, 6.07) is 0. The number of rotatable bonds is 5. The SMILES string of the molecule is CCCC(C)O[C@H]1O[C@H](CO)[C@@H](O)[C@H](O)[C@@H]1O. The molecule has 1 aliphatic heterocycles. The number of ether oxygens (including phenoxy) is 2. The Morgan fingerprint density at radius 1 is 1.18 bits per heavy atom. The van der Waals surface area contributed by atoms with Gasteiger partial charge in [-0.1, -0.05) is 13.3 Å². The van der Waals surface area contributed by atoms with Crippen molar-refractivity contribution in [1.29, 1.82) is 0 Å². The summed E-state index contributed by atoms with van der Waals surface area (Å²) in [5.41, 5.74) is 0. The van der Waals surface area contributed by atoms with Crippen LogP contribution in [0, 0.1) is 0 Å². The molecule has 0 radical (unpaired) electrons. The summed E-state index contributed by atoms with van der Waals surface area (Å²) in [4.78, 5) is 0. The van der Waals surface area contributed by atoms with E-state index < -0.39 is 37.3 Å². The molecule has 1 unspecified atom stereocenters. The average molecular weight is 250 g/mol. The van der Waals surface area contributed by atoms with Crippen molar-refractivity contribution < 1.29 is 29.9 Å². The van der Waals surface area contributed by atoms with Gasteiger partial charge in [0.2, 0.25) is 0 Å². The predicted octanol–water partition coefficient (Wildman–Crippen LogP) is -1.01. The van der Waals surface area contributed by atoms with E-state index in [1.54, 1.807) is 0 Å². The molecule has 0 aliphatic carbocycles. The van der Waals surface area contributed by atoms with Crippen LogP contribution in [-0.2, 0) is 9.47 Å². The van der Waals surface area contributed by atoms with Crippen molar-refractivity contribution in [3.63, 3.8) is 0 Å². The Morgan fingerprint density at radius 2 is 1.82 bits per heavy atom. The molecule has 0 bridgehead atoms. The first-order valence-corrected chi connectivity index (χ1v) is 5.97. The van der Waals surface area contributed by atoms with Gasteiger partial charge in [-0.2, -0.15) is 0 Å². The molecule has 1 rings (SSSR count). The molecule has 1 heterocycles. The average Bonchev–Trinajstić information content (AvgIpc) is 2.30. The molecular formula is C11H22O6. The van der Waals surface area contributed by atoms with Crippen molar-refractivity contribution in [2.45, 2.75) is 63.5 Å². The molecule has 6 heteroatoms. The Kier molecular flexibility index (Phi) is 5.78. The molecule has 0 aromatic carbocycles. The smallest absolute Gasteiger partial charge is 0.186 e. The highest BCUT2D eigenvalue weighted by Crippen LogP contribution is 2.23. The molecular weight excluding hydrogens is 228 g/mol. The van der Waals surface area contributed by atoms with Gasteiger partial charge in [-0.15, -0.1) is 0 Å². The fourth-order valence-electron chi connectivity index (χ4n) is 1.88. The van der Waals surface area contributed by atoms with Crippen LogP contribution in [0.25, 0.3) is 0 Å². The summed E-state index contributed by atoms with van der Waals surface area (Å²) in [5, 5.41) is 37.8. The maximum absolute atomic E-state index is 9.70. The van der Waals surface area contributed by atoms with Crippen molar-refractivity contribution in [2.75, 3.05) is 6.61 Å². The summed E-state index contributed by atoms with van der Waals surface area (Å²) >= 11 is 0. The van der Waals surface area contributed by atoms with E-state index >= 15 is 0 Å². The first-order valence-electron chi connectivity index (χ1n) is 5.97. The van der Waals surface area contributed by atoms with Crippen LogP contribution in [0.1, 0.15) is 26.7 Å². The first kappa shape index (κ1) is 14.8. The van der Waals surface area contributed by atoms with Crippen LogP contribution >= 0.6 is 0 Å². The summed E-state index contributed by atoms with van der Waals surface area (Å²) in [7, 11) is 0. The molecule has 17 heavy (non-hydrogen) atoms. The second-order valence-corrected chi connectivity index (χ2v) is 4.43. The van der Waals surface area contributed by atoms with Gasteiger partial charge in [0, 0.05) is 0 Å². The number of hydrogen-bond acceptors (Lipinski definition) is 6. The van der Waals surface area contributed by atoms with Crippen LogP contribution in [0.15, 0.2) is 0 Å². The maximum Gasteiger partial charge on any atom is 0.186 e. The Bertz CT molecular complexity index is 222. The third kappa shape index (κ3) is 3.61. The molecule has 0 aromatic rings. The minimum absolute atomic E-state index is 0.124. The number of aliphatic hydroxyl groups is 4. The normalized spacial score (nSPS) is 40.2. The second-order valence-electron chi connectivity index (χ2n) is 4.43. The van der Waals surface area contributed by atoms with E-state index in [-0.39, 0.29) is 6.10 Å². The van der Waals surface area contributed by atoms with Gasteiger partial charge in [0.15, 0.2) is 6.29 Å². The van der Waals surface area contributed by atoms with Gasteiger partial charge >= 0.3 is 0 Å². The van der Waals surface area contributed by atoms with Gasteiger partial charge < -0.3 is 29.9 Å².